The van der Waals surface area contributed by atoms with Gasteiger partial charge in [0, 0.05) is 43.4 Å². The molecular formula is C19H25N7OS. The van der Waals surface area contributed by atoms with Crippen LogP contribution in [0.5, 0.6) is 0 Å². The van der Waals surface area contributed by atoms with Crippen molar-refractivity contribution in [2.45, 2.75) is 20.4 Å². The molecule has 3 aromatic heterocycles. The Hall–Kier alpha value is -2.36. The quantitative estimate of drug-likeness (QED) is 0.586. The van der Waals surface area contributed by atoms with Gasteiger partial charge in [0.2, 0.25) is 5.95 Å². The van der Waals surface area contributed by atoms with E-state index >= 15 is 0 Å². The van der Waals surface area contributed by atoms with E-state index in [4.69, 9.17) is 14.7 Å². The van der Waals surface area contributed by atoms with Gasteiger partial charge in [0.05, 0.1) is 25.1 Å². The molecule has 0 bridgehead atoms. The Bertz CT molecular complexity index is 925. The van der Waals surface area contributed by atoms with Crippen molar-refractivity contribution in [2.75, 3.05) is 50.0 Å². The molecule has 1 fully saturated rings. The molecule has 0 amide bonds. The molecule has 4 heterocycles. The fourth-order valence-electron chi connectivity index (χ4n) is 3.20. The number of aryl methyl sites for hydroxylation is 2. The number of rotatable bonds is 7. The molecule has 8 nitrogen and oxygen atoms in total. The summed E-state index contributed by atoms with van der Waals surface area (Å²) in [6.07, 6.45) is 3.46. The third-order valence-electron chi connectivity index (χ3n) is 4.81. The van der Waals surface area contributed by atoms with E-state index in [1.807, 2.05) is 0 Å². The fraction of sp³-hybridized carbons (Fsp3) is 0.474. The normalized spacial score (nSPS) is 15.1. The maximum Gasteiger partial charge on any atom is 0.222 e. The number of hydrogen-bond acceptors (Lipinski definition) is 9. The Balaban J connectivity index is 1.49. The molecule has 2 N–H and O–H groups in total. The van der Waals surface area contributed by atoms with Gasteiger partial charge < -0.3 is 15.4 Å². The molecule has 0 saturated carbocycles. The number of morpholine rings is 1. The Morgan fingerprint density at radius 1 is 1.07 bits per heavy atom. The van der Waals surface area contributed by atoms with Gasteiger partial charge in [0.15, 0.2) is 0 Å². The van der Waals surface area contributed by atoms with Crippen LogP contribution < -0.4 is 10.6 Å². The third-order valence-corrected chi connectivity index (χ3v) is 5.91. The van der Waals surface area contributed by atoms with E-state index in [0.29, 0.717) is 12.5 Å². The van der Waals surface area contributed by atoms with Crippen LogP contribution in [0.2, 0.25) is 0 Å². The highest BCUT2D eigenvalue weighted by Crippen LogP contribution is 2.33. The van der Waals surface area contributed by atoms with Crippen LogP contribution in [0, 0.1) is 13.8 Å². The van der Waals surface area contributed by atoms with Crippen molar-refractivity contribution in [1.29, 1.82) is 0 Å². The SMILES string of the molecule is Cc1sc2nc(CN3CCOCC3)nc(NCCNc3ncccn3)c2c1C. The zero-order chi connectivity index (χ0) is 19.3. The van der Waals surface area contributed by atoms with Gasteiger partial charge in [-0.15, -0.1) is 11.3 Å². The van der Waals surface area contributed by atoms with E-state index < -0.39 is 0 Å². The maximum atomic E-state index is 5.44. The summed E-state index contributed by atoms with van der Waals surface area (Å²) in [4.78, 5) is 22.7. The van der Waals surface area contributed by atoms with Crippen LogP contribution in [-0.4, -0.2) is 64.2 Å². The van der Waals surface area contributed by atoms with E-state index in [1.165, 1.54) is 10.4 Å². The summed E-state index contributed by atoms with van der Waals surface area (Å²) < 4.78 is 5.44. The standard InChI is InChI=1S/C19H25N7OS/c1-13-14(2)28-18-16(13)17(20-6-7-23-19-21-4-3-5-22-19)24-15(25-18)12-26-8-10-27-11-9-26/h3-5H,6-12H2,1-2H3,(H,20,24,25)(H,21,22,23). The van der Waals surface area contributed by atoms with Gasteiger partial charge in [-0.05, 0) is 25.5 Å². The predicted octanol–water partition coefficient (Wildman–Crippen LogP) is 2.45. The molecular weight excluding hydrogens is 374 g/mol. The van der Waals surface area contributed by atoms with Gasteiger partial charge in [-0.2, -0.15) is 0 Å². The second-order valence-corrected chi connectivity index (χ2v) is 7.97. The number of anilines is 2. The molecule has 0 aliphatic carbocycles. The van der Waals surface area contributed by atoms with E-state index in [1.54, 1.807) is 29.8 Å². The van der Waals surface area contributed by atoms with Crippen LogP contribution in [0.3, 0.4) is 0 Å². The van der Waals surface area contributed by atoms with Crippen LogP contribution in [-0.2, 0) is 11.3 Å². The topological polar surface area (TPSA) is 88.1 Å². The number of thiophene rings is 1. The summed E-state index contributed by atoms with van der Waals surface area (Å²) in [5, 5.41) is 7.83. The molecule has 0 spiro atoms. The average Bonchev–Trinajstić information content (AvgIpc) is 3.00. The van der Waals surface area contributed by atoms with Crippen molar-refractivity contribution in [3.63, 3.8) is 0 Å². The number of ether oxygens (including phenoxy) is 1. The minimum Gasteiger partial charge on any atom is -0.379 e. The number of fused-ring (bicyclic) bond motifs is 1. The molecule has 3 aromatic rings. The Labute approximate surface area is 168 Å². The fourth-order valence-corrected chi connectivity index (χ4v) is 4.25. The molecule has 1 aliphatic rings. The highest BCUT2D eigenvalue weighted by atomic mass is 32.1. The van der Waals surface area contributed by atoms with Crippen molar-refractivity contribution in [3.05, 3.63) is 34.7 Å². The van der Waals surface area contributed by atoms with Crippen LogP contribution in [0.1, 0.15) is 16.3 Å². The molecule has 9 heteroatoms. The molecule has 1 aliphatic heterocycles. The summed E-state index contributed by atoms with van der Waals surface area (Å²) in [5.41, 5.74) is 1.25. The molecule has 0 atom stereocenters. The van der Waals surface area contributed by atoms with Crippen molar-refractivity contribution in [2.24, 2.45) is 0 Å². The second kappa shape index (κ2) is 8.76. The van der Waals surface area contributed by atoms with Crippen LogP contribution in [0.15, 0.2) is 18.5 Å². The molecule has 1 saturated heterocycles. The first-order chi connectivity index (χ1) is 13.7. The Morgan fingerprint density at radius 3 is 2.61 bits per heavy atom. The van der Waals surface area contributed by atoms with E-state index in [-0.39, 0.29) is 0 Å². The van der Waals surface area contributed by atoms with Crippen LogP contribution >= 0.6 is 11.3 Å². The largest absolute Gasteiger partial charge is 0.379 e. The molecule has 4 rings (SSSR count). The smallest absolute Gasteiger partial charge is 0.222 e. The first-order valence-electron chi connectivity index (χ1n) is 9.52. The van der Waals surface area contributed by atoms with Gasteiger partial charge in [-0.25, -0.2) is 19.9 Å². The molecule has 0 radical (unpaired) electrons. The van der Waals surface area contributed by atoms with Gasteiger partial charge in [-0.3, -0.25) is 4.90 Å². The summed E-state index contributed by atoms with van der Waals surface area (Å²) in [7, 11) is 0. The van der Waals surface area contributed by atoms with Crippen molar-refractivity contribution >= 4 is 33.3 Å². The summed E-state index contributed by atoms with van der Waals surface area (Å²) in [6.45, 7) is 9.85. The highest BCUT2D eigenvalue weighted by molar-refractivity contribution is 7.18. The first kappa shape index (κ1) is 19.0. The lowest BCUT2D eigenvalue weighted by Crippen LogP contribution is -2.36. The third kappa shape index (κ3) is 4.37. The minimum absolute atomic E-state index is 0.632. The van der Waals surface area contributed by atoms with Crippen molar-refractivity contribution in [1.82, 2.24) is 24.8 Å². The second-order valence-electron chi connectivity index (χ2n) is 6.77. The van der Waals surface area contributed by atoms with Gasteiger partial charge in [-0.1, -0.05) is 0 Å². The van der Waals surface area contributed by atoms with Crippen LogP contribution in [0.4, 0.5) is 11.8 Å². The Morgan fingerprint density at radius 2 is 1.82 bits per heavy atom. The van der Waals surface area contributed by atoms with E-state index in [2.05, 4.69) is 39.3 Å². The maximum absolute atomic E-state index is 5.44. The first-order valence-corrected chi connectivity index (χ1v) is 10.3. The zero-order valence-electron chi connectivity index (χ0n) is 16.2. The van der Waals surface area contributed by atoms with Crippen molar-refractivity contribution in [3.8, 4) is 0 Å². The lowest BCUT2D eigenvalue weighted by Gasteiger charge is -2.25. The highest BCUT2D eigenvalue weighted by Gasteiger charge is 2.17. The van der Waals surface area contributed by atoms with E-state index in [9.17, 15) is 0 Å². The number of aromatic nitrogens is 4. The summed E-state index contributed by atoms with van der Waals surface area (Å²) in [5.74, 6) is 2.40. The summed E-state index contributed by atoms with van der Waals surface area (Å²) >= 11 is 1.74. The van der Waals surface area contributed by atoms with Crippen molar-refractivity contribution < 1.29 is 4.74 Å². The lowest BCUT2D eigenvalue weighted by atomic mass is 10.2. The predicted molar refractivity (Wildman–Crippen MR) is 112 cm³/mol. The Kier molecular flexibility index (Phi) is 5.94. The summed E-state index contributed by atoms with van der Waals surface area (Å²) in [6, 6.07) is 1.80. The van der Waals surface area contributed by atoms with Gasteiger partial charge in [0.1, 0.15) is 16.5 Å². The van der Waals surface area contributed by atoms with E-state index in [0.717, 1.165) is 61.3 Å². The van der Waals surface area contributed by atoms with Gasteiger partial charge in [0.25, 0.3) is 0 Å². The number of hydrogen-bond donors (Lipinski definition) is 2. The monoisotopic (exact) mass is 399 g/mol. The average molecular weight is 400 g/mol. The van der Waals surface area contributed by atoms with Crippen LogP contribution in [0.25, 0.3) is 10.2 Å². The molecule has 148 valence electrons. The molecule has 0 unspecified atom stereocenters. The van der Waals surface area contributed by atoms with Gasteiger partial charge >= 0.3 is 0 Å². The molecule has 0 aromatic carbocycles. The number of nitrogens with zero attached hydrogens (tertiary/aromatic N) is 5. The zero-order valence-corrected chi connectivity index (χ0v) is 17.1. The lowest BCUT2D eigenvalue weighted by molar-refractivity contribution is 0.0331. The molecule has 28 heavy (non-hydrogen) atoms. The number of nitrogens with one attached hydrogen (secondary N) is 2. The minimum atomic E-state index is 0.632.